The summed E-state index contributed by atoms with van der Waals surface area (Å²) in [5.41, 5.74) is 8.03. The highest BCUT2D eigenvalue weighted by atomic mass is 35.5. The Labute approximate surface area is 153 Å². The molecule has 0 fully saturated rings. The van der Waals surface area contributed by atoms with Crippen LogP contribution in [0.4, 0.5) is 0 Å². The fourth-order valence-electron chi connectivity index (χ4n) is 2.74. The van der Waals surface area contributed by atoms with Gasteiger partial charge in [-0.05, 0) is 30.4 Å². The van der Waals surface area contributed by atoms with Crippen LogP contribution < -0.4 is 11.1 Å². The summed E-state index contributed by atoms with van der Waals surface area (Å²) in [5, 5.41) is 3.76. The second-order valence-corrected chi connectivity index (χ2v) is 6.38. The minimum atomic E-state index is -0.733. The van der Waals surface area contributed by atoms with Crippen LogP contribution in [0.25, 0.3) is 10.9 Å². The lowest BCUT2D eigenvalue weighted by molar-refractivity contribution is -0.145. The van der Waals surface area contributed by atoms with Gasteiger partial charge in [0.25, 0.3) is 0 Å². The number of ether oxygens (including phenoxy) is 1. The maximum atomic E-state index is 12.4. The molecule has 1 aromatic heterocycles. The van der Waals surface area contributed by atoms with E-state index in [1.807, 2.05) is 44.3 Å². The third-order valence-corrected chi connectivity index (χ3v) is 3.96. The van der Waals surface area contributed by atoms with Crippen molar-refractivity contribution in [3.05, 3.63) is 36.0 Å². The highest BCUT2D eigenvalue weighted by Crippen LogP contribution is 2.18. The Hall–Kier alpha value is -2.05. The molecule has 0 saturated carbocycles. The van der Waals surface area contributed by atoms with Gasteiger partial charge in [-0.15, -0.1) is 12.4 Å². The van der Waals surface area contributed by atoms with Gasteiger partial charge in [0.15, 0.2) is 0 Å². The number of hydrogen-bond acceptors (Lipinski definition) is 4. The van der Waals surface area contributed by atoms with Crippen LogP contribution in [-0.2, 0) is 20.7 Å². The molecule has 25 heavy (non-hydrogen) atoms. The maximum absolute atomic E-state index is 12.4. The third kappa shape index (κ3) is 5.47. The second-order valence-electron chi connectivity index (χ2n) is 6.38. The minimum Gasteiger partial charge on any atom is -0.467 e. The first-order valence-electron chi connectivity index (χ1n) is 8.11. The van der Waals surface area contributed by atoms with Gasteiger partial charge in [0, 0.05) is 17.1 Å². The molecule has 2 aromatic rings. The number of rotatable bonds is 7. The number of esters is 1. The molecule has 1 amide bonds. The molecule has 6 nitrogen and oxygen atoms in total. The number of nitrogens with one attached hydrogen (secondary N) is 2. The van der Waals surface area contributed by atoms with Gasteiger partial charge in [-0.1, -0.05) is 32.0 Å². The lowest BCUT2D eigenvalue weighted by Gasteiger charge is -2.20. The minimum absolute atomic E-state index is 0. The molecule has 0 bridgehead atoms. The highest BCUT2D eigenvalue weighted by molar-refractivity contribution is 5.89. The number of fused-ring (bicyclic) bond motifs is 1. The molecule has 0 saturated heterocycles. The van der Waals surface area contributed by atoms with Crippen molar-refractivity contribution in [1.82, 2.24) is 10.3 Å². The highest BCUT2D eigenvalue weighted by Gasteiger charge is 2.25. The first-order chi connectivity index (χ1) is 11.4. The fraction of sp³-hybridized carbons (Fsp3) is 0.444. The maximum Gasteiger partial charge on any atom is 0.328 e. The largest absolute Gasteiger partial charge is 0.467 e. The number of methoxy groups -OCH3 is 1. The van der Waals surface area contributed by atoms with Crippen molar-refractivity contribution in [1.29, 1.82) is 0 Å². The molecular weight excluding hydrogens is 342 g/mol. The van der Waals surface area contributed by atoms with Gasteiger partial charge in [0.1, 0.15) is 6.04 Å². The smallest absolute Gasteiger partial charge is 0.328 e. The number of carbonyl (C=O) groups excluding carboxylic acids is 2. The number of H-pyrrole nitrogens is 1. The number of carbonyl (C=O) groups is 2. The van der Waals surface area contributed by atoms with E-state index >= 15 is 0 Å². The Morgan fingerprint density at radius 1 is 1.28 bits per heavy atom. The lowest BCUT2D eigenvalue weighted by atomic mass is 10.0. The Morgan fingerprint density at radius 3 is 2.60 bits per heavy atom. The molecule has 0 spiro atoms. The first kappa shape index (κ1) is 21.0. The Kier molecular flexibility index (Phi) is 7.93. The zero-order valence-electron chi connectivity index (χ0n) is 14.7. The molecule has 4 N–H and O–H groups in total. The Morgan fingerprint density at radius 2 is 1.96 bits per heavy atom. The number of hydrogen-bond donors (Lipinski definition) is 3. The Balaban J connectivity index is 0.00000312. The molecule has 0 aliphatic carbocycles. The van der Waals surface area contributed by atoms with Crippen molar-refractivity contribution in [3.8, 4) is 0 Å². The SMILES string of the molecule is COC(=O)[C@H](CC(C)C)NC(=O)[C@H](N)Cc1c[nH]c2ccccc12.Cl. The van der Waals surface area contributed by atoms with E-state index in [-0.39, 0.29) is 24.2 Å². The standard InChI is InChI=1S/C18H25N3O3.ClH/c1-11(2)8-16(18(23)24-3)21-17(22)14(19)9-12-10-20-15-7-5-4-6-13(12)15;/h4-7,10-11,14,16,20H,8-9,19H2,1-3H3,(H,21,22);1H/t14-,16+;/m1./s1. The molecule has 0 radical (unpaired) electrons. The number of amides is 1. The van der Waals surface area contributed by atoms with Gasteiger partial charge in [-0.25, -0.2) is 4.79 Å². The molecule has 1 aromatic carbocycles. The van der Waals surface area contributed by atoms with Crippen LogP contribution in [0.15, 0.2) is 30.5 Å². The normalized spacial score (nSPS) is 13.2. The zero-order valence-corrected chi connectivity index (χ0v) is 15.6. The summed E-state index contributed by atoms with van der Waals surface area (Å²) in [4.78, 5) is 27.3. The van der Waals surface area contributed by atoms with E-state index in [0.29, 0.717) is 12.8 Å². The molecule has 0 unspecified atom stereocenters. The number of aromatic amines is 1. The van der Waals surface area contributed by atoms with Crippen molar-refractivity contribution < 1.29 is 14.3 Å². The quantitative estimate of drug-likeness (QED) is 0.653. The van der Waals surface area contributed by atoms with Crippen LogP contribution in [0, 0.1) is 5.92 Å². The Bertz CT molecular complexity index is 714. The van der Waals surface area contributed by atoms with Crippen LogP contribution in [0.1, 0.15) is 25.8 Å². The second kappa shape index (κ2) is 9.44. The van der Waals surface area contributed by atoms with Gasteiger partial charge in [-0.2, -0.15) is 0 Å². The van der Waals surface area contributed by atoms with Crippen LogP contribution in [-0.4, -0.2) is 36.1 Å². The third-order valence-electron chi connectivity index (χ3n) is 3.96. The fourth-order valence-corrected chi connectivity index (χ4v) is 2.74. The predicted molar refractivity (Wildman–Crippen MR) is 101 cm³/mol. The van der Waals surface area contributed by atoms with E-state index in [9.17, 15) is 9.59 Å². The molecule has 0 aliphatic rings. The number of aromatic nitrogens is 1. The molecule has 2 atom stereocenters. The van der Waals surface area contributed by atoms with Gasteiger partial charge in [-0.3, -0.25) is 4.79 Å². The lowest BCUT2D eigenvalue weighted by Crippen LogP contribution is -2.49. The molecular formula is C18H26ClN3O3. The van der Waals surface area contributed by atoms with Crippen molar-refractivity contribution in [2.75, 3.05) is 7.11 Å². The summed E-state index contributed by atoms with van der Waals surface area (Å²) in [5.74, 6) is -0.549. The topological polar surface area (TPSA) is 97.2 Å². The molecule has 1 heterocycles. The average Bonchev–Trinajstić information content (AvgIpc) is 2.96. The summed E-state index contributed by atoms with van der Waals surface area (Å²) in [6.45, 7) is 3.96. The summed E-state index contributed by atoms with van der Waals surface area (Å²) < 4.78 is 4.76. The molecule has 7 heteroatoms. The van der Waals surface area contributed by atoms with Gasteiger partial charge < -0.3 is 20.8 Å². The van der Waals surface area contributed by atoms with E-state index in [2.05, 4.69) is 10.3 Å². The summed E-state index contributed by atoms with van der Waals surface area (Å²) in [6, 6.07) is 6.45. The van der Waals surface area contributed by atoms with E-state index in [1.165, 1.54) is 7.11 Å². The van der Waals surface area contributed by atoms with E-state index < -0.39 is 18.1 Å². The zero-order chi connectivity index (χ0) is 17.7. The monoisotopic (exact) mass is 367 g/mol. The van der Waals surface area contributed by atoms with Crippen LogP contribution in [0.5, 0.6) is 0 Å². The van der Waals surface area contributed by atoms with Crippen LogP contribution >= 0.6 is 12.4 Å². The van der Waals surface area contributed by atoms with Gasteiger partial charge in [0.2, 0.25) is 5.91 Å². The van der Waals surface area contributed by atoms with Crippen LogP contribution in [0.3, 0.4) is 0 Å². The summed E-state index contributed by atoms with van der Waals surface area (Å²) in [7, 11) is 1.31. The van der Waals surface area contributed by atoms with Crippen LogP contribution in [0.2, 0.25) is 0 Å². The van der Waals surface area contributed by atoms with E-state index in [4.69, 9.17) is 10.5 Å². The number of benzene rings is 1. The number of para-hydroxylation sites is 1. The predicted octanol–water partition coefficient (Wildman–Crippen LogP) is 2.16. The summed E-state index contributed by atoms with van der Waals surface area (Å²) in [6.07, 6.45) is 2.77. The van der Waals surface area contributed by atoms with Crippen molar-refractivity contribution in [2.45, 2.75) is 38.8 Å². The van der Waals surface area contributed by atoms with Gasteiger partial charge >= 0.3 is 5.97 Å². The first-order valence-corrected chi connectivity index (χ1v) is 8.11. The van der Waals surface area contributed by atoms with Gasteiger partial charge in [0.05, 0.1) is 13.2 Å². The van der Waals surface area contributed by atoms with Crippen molar-refractivity contribution in [3.63, 3.8) is 0 Å². The van der Waals surface area contributed by atoms with E-state index in [0.717, 1.165) is 16.5 Å². The van der Waals surface area contributed by atoms with Crippen molar-refractivity contribution in [2.24, 2.45) is 11.7 Å². The summed E-state index contributed by atoms with van der Waals surface area (Å²) >= 11 is 0. The molecule has 2 rings (SSSR count). The average molecular weight is 368 g/mol. The number of halogens is 1. The van der Waals surface area contributed by atoms with E-state index in [1.54, 1.807) is 0 Å². The molecule has 0 aliphatic heterocycles. The number of nitrogens with two attached hydrogens (primary N) is 1. The molecule has 138 valence electrons. The van der Waals surface area contributed by atoms with Crippen molar-refractivity contribution >= 4 is 35.2 Å².